The number of rotatable bonds is 6. The summed E-state index contributed by atoms with van der Waals surface area (Å²) in [6.07, 6.45) is 1.50. The molecule has 9 heteroatoms. The Morgan fingerprint density at radius 1 is 1.24 bits per heavy atom. The number of halogens is 1. The molecule has 1 aromatic carbocycles. The first-order valence-corrected chi connectivity index (χ1v) is 9.78. The van der Waals surface area contributed by atoms with Gasteiger partial charge in [0.15, 0.2) is 0 Å². The van der Waals surface area contributed by atoms with Crippen molar-refractivity contribution in [3.63, 3.8) is 0 Å². The van der Waals surface area contributed by atoms with Crippen LogP contribution in [0.4, 0.5) is 0 Å². The molecular weight excluding hydrogens is 396 g/mol. The van der Waals surface area contributed by atoms with Crippen LogP contribution in [0.5, 0.6) is 0 Å². The van der Waals surface area contributed by atoms with Gasteiger partial charge in [0.2, 0.25) is 17.7 Å². The van der Waals surface area contributed by atoms with Crippen molar-refractivity contribution in [1.82, 2.24) is 15.1 Å². The Bertz CT molecular complexity index is 703. The second-order valence-corrected chi connectivity index (χ2v) is 7.24. The minimum Gasteiger partial charge on any atom is -0.369 e. The number of hydrogen-bond donors (Lipinski definition) is 2. The monoisotopic (exact) mass is 424 g/mol. The van der Waals surface area contributed by atoms with Gasteiger partial charge in [0.1, 0.15) is 12.6 Å². The standard InChI is InChI=1S/C20H28N4O4.ClH/c21-8-9-22-19(26)16-7-4-10-23(12-16)20(27)17-13-28-14-18(25)24(17)11-15-5-2-1-3-6-15;/h1-3,5-6,16-17H,4,7-14,21H2,(H,22,26);1H/t16?,17-;/m1./s1. The predicted molar refractivity (Wildman–Crippen MR) is 110 cm³/mol. The third-order valence-corrected chi connectivity index (χ3v) is 5.23. The number of hydrogen-bond acceptors (Lipinski definition) is 5. The van der Waals surface area contributed by atoms with Crippen molar-refractivity contribution in [3.05, 3.63) is 35.9 Å². The van der Waals surface area contributed by atoms with Crippen LogP contribution in [-0.2, 0) is 25.7 Å². The first-order chi connectivity index (χ1) is 13.6. The minimum atomic E-state index is -0.660. The molecule has 1 aromatic rings. The van der Waals surface area contributed by atoms with Crippen molar-refractivity contribution >= 4 is 30.1 Å². The molecule has 0 spiro atoms. The molecule has 0 aromatic heterocycles. The van der Waals surface area contributed by atoms with Crippen molar-refractivity contribution < 1.29 is 19.1 Å². The molecule has 2 atom stereocenters. The lowest BCUT2D eigenvalue weighted by Crippen LogP contribution is -2.58. The molecule has 1 unspecified atom stereocenters. The SMILES string of the molecule is Cl.NCCNC(=O)C1CCCN(C(=O)[C@H]2COCC(=O)N2Cc2ccccc2)C1. The first kappa shape index (κ1) is 23.1. The van der Waals surface area contributed by atoms with E-state index in [0.717, 1.165) is 18.4 Å². The number of ether oxygens (including phenoxy) is 1. The van der Waals surface area contributed by atoms with Gasteiger partial charge in [-0.2, -0.15) is 0 Å². The van der Waals surface area contributed by atoms with Gasteiger partial charge in [-0.25, -0.2) is 0 Å². The molecule has 3 amide bonds. The van der Waals surface area contributed by atoms with Crippen LogP contribution >= 0.6 is 12.4 Å². The van der Waals surface area contributed by atoms with Crippen LogP contribution < -0.4 is 11.1 Å². The lowest BCUT2D eigenvalue weighted by molar-refractivity contribution is -0.161. The van der Waals surface area contributed by atoms with E-state index in [-0.39, 0.29) is 49.3 Å². The smallest absolute Gasteiger partial charge is 0.249 e. The summed E-state index contributed by atoms with van der Waals surface area (Å²) in [6.45, 7) is 2.30. The largest absolute Gasteiger partial charge is 0.369 e. The molecule has 8 nitrogen and oxygen atoms in total. The molecule has 2 aliphatic rings. The summed E-state index contributed by atoms with van der Waals surface area (Å²) < 4.78 is 5.37. The van der Waals surface area contributed by atoms with Gasteiger partial charge in [-0.15, -0.1) is 12.4 Å². The van der Waals surface area contributed by atoms with E-state index in [4.69, 9.17) is 10.5 Å². The topological polar surface area (TPSA) is 105 Å². The van der Waals surface area contributed by atoms with Crippen molar-refractivity contribution in [3.8, 4) is 0 Å². The molecule has 2 saturated heterocycles. The molecule has 0 radical (unpaired) electrons. The molecule has 2 heterocycles. The Morgan fingerprint density at radius 2 is 2.00 bits per heavy atom. The number of morpholine rings is 1. The van der Waals surface area contributed by atoms with E-state index in [2.05, 4.69) is 5.32 Å². The molecule has 2 fully saturated rings. The van der Waals surface area contributed by atoms with E-state index in [0.29, 0.717) is 32.7 Å². The maximum atomic E-state index is 13.2. The predicted octanol–water partition coefficient (Wildman–Crippen LogP) is 0.149. The highest BCUT2D eigenvalue weighted by Gasteiger charge is 2.38. The molecule has 0 bridgehead atoms. The van der Waals surface area contributed by atoms with Gasteiger partial charge in [-0.05, 0) is 18.4 Å². The van der Waals surface area contributed by atoms with E-state index >= 15 is 0 Å². The van der Waals surface area contributed by atoms with Crippen LogP contribution in [0.3, 0.4) is 0 Å². The van der Waals surface area contributed by atoms with Crippen LogP contribution in [0.15, 0.2) is 30.3 Å². The third-order valence-electron chi connectivity index (χ3n) is 5.23. The Labute approximate surface area is 177 Å². The molecule has 2 aliphatic heterocycles. The van der Waals surface area contributed by atoms with Crippen molar-refractivity contribution in [2.45, 2.75) is 25.4 Å². The average molecular weight is 425 g/mol. The van der Waals surface area contributed by atoms with Crippen molar-refractivity contribution in [1.29, 1.82) is 0 Å². The number of piperidine rings is 1. The second-order valence-electron chi connectivity index (χ2n) is 7.24. The van der Waals surface area contributed by atoms with Crippen molar-refractivity contribution in [2.75, 3.05) is 39.4 Å². The molecule has 0 saturated carbocycles. The number of benzene rings is 1. The Kier molecular flexibility index (Phi) is 8.88. The van der Waals surface area contributed by atoms with E-state index in [9.17, 15) is 14.4 Å². The van der Waals surface area contributed by atoms with Gasteiger partial charge < -0.3 is 25.6 Å². The highest BCUT2D eigenvalue weighted by molar-refractivity contribution is 5.90. The van der Waals surface area contributed by atoms with E-state index < -0.39 is 6.04 Å². The van der Waals surface area contributed by atoms with Gasteiger partial charge in [0, 0.05) is 32.7 Å². The number of nitrogens with zero attached hydrogens (tertiary/aromatic N) is 2. The third kappa shape index (κ3) is 5.91. The molecule has 0 aliphatic carbocycles. The summed E-state index contributed by atoms with van der Waals surface area (Å²) in [4.78, 5) is 41.2. The molecule has 3 rings (SSSR count). The zero-order chi connectivity index (χ0) is 19.9. The zero-order valence-corrected chi connectivity index (χ0v) is 17.2. The fourth-order valence-electron chi connectivity index (χ4n) is 3.73. The van der Waals surface area contributed by atoms with Crippen LogP contribution in [0, 0.1) is 5.92 Å². The Hall–Kier alpha value is -2.16. The second kappa shape index (κ2) is 11.1. The van der Waals surface area contributed by atoms with Crippen molar-refractivity contribution in [2.24, 2.45) is 11.7 Å². The summed E-state index contributed by atoms with van der Waals surface area (Å²) >= 11 is 0. The van der Waals surface area contributed by atoms with E-state index in [1.807, 2.05) is 30.3 Å². The maximum absolute atomic E-state index is 13.2. The summed E-state index contributed by atoms with van der Waals surface area (Å²) in [5, 5.41) is 2.80. The van der Waals surface area contributed by atoms with Crippen LogP contribution in [0.2, 0.25) is 0 Å². The van der Waals surface area contributed by atoms with Crippen LogP contribution in [0.25, 0.3) is 0 Å². The summed E-state index contributed by atoms with van der Waals surface area (Å²) in [6, 6.07) is 8.94. The number of carbonyl (C=O) groups excluding carboxylic acids is 3. The number of likely N-dealkylation sites (tertiary alicyclic amines) is 1. The summed E-state index contributed by atoms with van der Waals surface area (Å²) in [5.74, 6) is -0.657. The van der Waals surface area contributed by atoms with Gasteiger partial charge in [0.05, 0.1) is 12.5 Å². The molecule has 3 N–H and O–H groups in total. The zero-order valence-electron chi connectivity index (χ0n) is 16.4. The highest BCUT2D eigenvalue weighted by atomic mass is 35.5. The minimum absolute atomic E-state index is 0. The number of amides is 3. The number of nitrogens with one attached hydrogen (secondary N) is 1. The van der Waals surface area contributed by atoms with Gasteiger partial charge in [-0.3, -0.25) is 14.4 Å². The van der Waals surface area contributed by atoms with Gasteiger partial charge in [0.25, 0.3) is 0 Å². The molecule has 29 heavy (non-hydrogen) atoms. The lowest BCUT2D eigenvalue weighted by atomic mass is 9.96. The Morgan fingerprint density at radius 3 is 2.72 bits per heavy atom. The quantitative estimate of drug-likeness (QED) is 0.676. The highest BCUT2D eigenvalue weighted by Crippen LogP contribution is 2.21. The fraction of sp³-hybridized carbons (Fsp3) is 0.550. The maximum Gasteiger partial charge on any atom is 0.249 e. The molecule has 160 valence electrons. The van der Waals surface area contributed by atoms with Crippen LogP contribution in [0.1, 0.15) is 18.4 Å². The van der Waals surface area contributed by atoms with Gasteiger partial charge >= 0.3 is 0 Å². The van der Waals surface area contributed by atoms with Crippen LogP contribution in [-0.4, -0.2) is 73.0 Å². The Balaban J connectivity index is 0.00000300. The van der Waals surface area contributed by atoms with E-state index in [1.54, 1.807) is 9.80 Å². The number of nitrogens with two attached hydrogens (primary N) is 1. The lowest BCUT2D eigenvalue weighted by Gasteiger charge is -2.40. The van der Waals surface area contributed by atoms with E-state index in [1.165, 1.54) is 0 Å². The molecular formula is C20H29ClN4O4. The summed E-state index contributed by atoms with van der Waals surface area (Å²) in [5.41, 5.74) is 6.41. The number of carbonyl (C=O) groups is 3. The fourth-order valence-corrected chi connectivity index (χ4v) is 3.73. The first-order valence-electron chi connectivity index (χ1n) is 9.78. The average Bonchev–Trinajstić information content (AvgIpc) is 2.73. The van der Waals surface area contributed by atoms with Gasteiger partial charge in [-0.1, -0.05) is 30.3 Å². The summed E-state index contributed by atoms with van der Waals surface area (Å²) in [7, 11) is 0. The normalized spacial score (nSPS) is 22.0.